The van der Waals surface area contributed by atoms with E-state index >= 15 is 0 Å². The van der Waals surface area contributed by atoms with Crippen molar-refractivity contribution in [1.82, 2.24) is 0 Å². The van der Waals surface area contributed by atoms with Gasteiger partial charge in [-0.15, -0.1) is 0 Å². The zero-order valence-corrected chi connectivity index (χ0v) is 9.71. The van der Waals surface area contributed by atoms with Gasteiger partial charge in [0, 0.05) is 11.9 Å². The number of amides is 1. The maximum absolute atomic E-state index is 11.0. The van der Waals surface area contributed by atoms with Crippen LogP contribution in [0.2, 0.25) is 0 Å². The lowest BCUT2D eigenvalue weighted by Crippen LogP contribution is -2.31. The SMILES string of the molecule is CCC.N#C/C(C=N)=C(/N)C1(C(N)=O)CC1. The Balaban J connectivity index is 0.000000673. The molecular weight excluding hydrogens is 204 g/mol. The molecule has 0 aromatic heterocycles. The fraction of sp³-hybridized carbons (Fsp3) is 0.545. The van der Waals surface area contributed by atoms with E-state index in [-0.39, 0.29) is 11.3 Å². The molecule has 0 spiro atoms. The first-order chi connectivity index (χ1) is 7.49. The number of nitrogens with zero attached hydrogens (tertiary/aromatic N) is 1. The van der Waals surface area contributed by atoms with Crippen LogP contribution in [0, 0.1) is 22.2 Å². The predicted molar refractivity (Wildman–Crippen MR) is 62.4 cm³/mol. The van der Waals surface area contributed by atoms with Gasteiger partial charge in [0.2, 0.25) is 5.91 Å². The van der Waals surface area contributed by atoms with Gasteiger partial charge in [-0.05, 0) is 12.8 Å². The second-order valence-electron chi connectivity index (χ2n) is 3.74. The smallest absolute Gasteiger partial charge is 0.229 e. The molecule has 0 heterocycles. The molecule has 1 rings (SSSR count). The van der Waals surface area contributed by atoms with Crippen molar-refractivity contribution in [2.45, 2.75) is 33.1 Å². The van der Waals surface area contributed by atoms with E-state index in [4.69, 9.17) is 22.1 Å². The molecule has 0 saturated heterocycles. The molecule has 0 aromatic rings. The maximum atomic E-state index is 11.0. The summed E-state index contributed by atoms with van der Waals surface area (Å²) in [7, 11) is 0. The van der Waals surface area contributed by atoms with Crippen LogP contribution in [0.1, 0.15) is 33.1 Å². The second-order valence-corrected chi connectivity index (χ2v) is 3.74. The summed E-state index contributed by atoms with van der Waals surface area (Å²) in [5, 5.41) is 15.5. The lowest BCUT2D eigenvalue weighted by molar-refractivity contribution is -0.121. The van der Waals surface area contributed by atoms with Crippen LogP contribution in [-0.4, -0.2) is 12.1 Å². The van der Waals surface area contributed by atoms with Crippen molar-refractivity contribution in [2.24, 2.45) is 16.9 Å². The molecule has 5 nitrogen and oxygen atoms in total. The highest BCUT2D eigenvalue weighted by Crippen LogP contribution is 2.50. The standard InChI is InChI=1S/C8H10N4O.C3H8/c9-3-5(4-10)6(11)8(1-2-8)7(12)13;1-3-2/h3,9H,1-2,11H2,(H2,12,13);3H2,1-2H3/b6-5+,9-3?;. The number of allylic oxidation sites excluding steroid dienone is 1. The van der Waals surface area contributed by atoms with Gasteiger partial charge >= 0.3 is 0 Å². The summed E-state index contributed by atoms with van der Waals surface area (Å²) in [4.78, 5) is 11.0. The Morgan fingerprint density at radius 1 is 1.50 bits per heavy atom. The number of nitrogens with two attached hydrogens (primary N) is 2. The molecule has 0 radical (unpaired) electrons. The van der Waals surface area contributed by atoms with Crippen molar-refractivity contribution in [3.8, 4) is 6.07 Å². The molecule has 0 atom stereocenters. The van der Waals surface area contributed by atoms with E-state index in [9.17, 15) is 4.79 Å². The van der Waals surface area contributed by atoms with Crippen LogP contribution in [-0.2, 0) is 4.79 Å². The van der Waals surface area contributed by atoms with Crippen LogP contribution >= 0.6 is 0 Å². The Hall–Kier alpha value is -1.83. The minimum Gasteiger partial charge on any atom is -0.400 e. The second kappa shape index (κ2) is 5.91. The number of nitrogens with one attached hydrogen (secondary N) is 1. The molecule has 16 heavy (non-hydrogen) atoms. The van der Waals surface area contributed by atoms with Gasteiger partial charge in [0.05, 0.1) is 11.0 Å². The van der Waals surface area contributed by atoms with Crippen molar-refractivity contribution < 1.29 is 4.79 Å². The van der Waals surface area contributed by atoms with Crippen LogP contribution < -0.4 is 11.5 Å². The fourth-order valence-electron chi connectivity index (χ4n) is 1.20. The van der Waals surface area contributed by atoms with Gasteiger partial charge in [-0.1, -0.05) is 20.3 Å². The van der Waals surface area contributed by atoms with Crippen LogP contribution in [0.5, 0.6) is 0 Å². The number of carbonyl (C=O) groups excluding carboxylic acids is 1. The van der Waals surface area contributed by atoms with Crippen molar-refractivity contribution in [3.63, 3.8) is 0 Å². The quantitative estimate of drug-likeness (QED) is 0.489. The zero-order valence-electron chi connectivity index (χ0n) is 9.71. The molecule has 5 N–H and O–H groups in total. The molecule has 0 unspecified atom stereocenters. The lowest BCUT2D eigenvalue weighted by atomic mass is 9.98. The van der Waals surface area contributed by atoms with Gasteiger partial charge < -0.3 is 16.9 Å². The summed E-state index contributed by atoms with van der Waals surface area (Å²) in [5.74, 6) is -0.514. The largest absolute Gasteiger partial charge is 0.400 e. The summed E-state index contributed by atoms with van der Waals surface area (Å²) in [5.41, 5.74) is 10.0. The van der Waals surface area contributed by atoms with Crippen molar-refractivity contribution in [3.05, 3.63) is 11.3 Å². The summed E-state index contributed by atoms with van der Waals surface area (Å²) >= 11 is 0. The van der Waals surface area contributed by atoms with E-state index in [1.807, 2.05) is 0 Å². The number of nitriles is 1. The monoisotopic (exact) mass is 222 g/mol. The Kier molecular flexibility index (Phi) is 5.23. The van der Waals surface area contributed by atoms with Crippen molar-refractivity contribution >= 4 is 12.1 Å². The Morgan fingerprint density at radius 2 is 1.94 bits per heavy atom. The molecule has 0 aliphatic heterocycles. The lowest BCUT2D eigenvalue weighted by Gasteiger charge is -2.11. The molecule has 1 aliphatic rings. The van der Waals surface area contributed by atoms with Gasteiger partial charge in [0.25, 0.3) is 0 Å². The third kappa shape index (κ3) is 2.83. The summed E-state index contributed by atoms with van der Waals surface area (Å²) in [6, 6.07) is 1.76. The fourth-order valence-corrected chi connectivity index (χ4v) is 1.20. The number of carbonyl (C=O) groups is 1. The molecule has 1 amide bonds. The van der Waals surface area contributed by atoms with Gasteiger partial charge in [0.1, 0.15) is 6.07 Å². The first-order valence-electron chi connectivity index (χ1n) is 5.20. The third-order valence-electron chi connectivity index (χ3n) is 2.29. The molecule has 1 aliphatic carbocycles. The predicted octanol–water partition coefficient (Wildman–Crippen LogP) is 1.05. The van der Waals surface area contributed by atoms with Crippen LogP contribution in [0.3, 0.4) is 0 Å². The number of hydrogen-bond acceptors (Lipinski definition) is 4. The maximum Gasteiger partial charge on any atom is 0.229 e. The minimum atomic E-state index is -0.845. The number of rotatable bonds is 3. The first-order valence-corrected chi connectivity index (χ1v) is 5.20. The molecular formula is C11H18N4O. The zero-order chi connectivity index (χ0) is 12.8. The Morgan fingerprint density at radius 3 is 2.12 bits per heavy atom. The normalized spacial score (nSPS) is 17.1. The molecule has 0 aromatic carbocycles. The van der Waals surface area contributed by atoms with Gasteiger partial charge in [0.15, 0.2) is 0 Å². The van der Waals surface area contributed by atoms with Gasteiger partial charge in [-0.25, -0.2) is 0 Å². The average Bonchev–Trinajstić information content (AvgIpc) is 3.01. The van der Waals surface area contributed by atoms with Crippen LogP contribution in [0.15, 0.2) is 11.3 Å². The molecule has 1 saturated carbocycles. The first kappa shape index (κ1) is 14.2. The average molecular weight is 222 g/mol. The molecule has 88 valence electrons. The highest BCUT2D eigenvalue weighted by atomic mass is 16.1. The Bertz CT molecular complexity index is 347. The van der Waals surface area contributed by atoms with Crippen molar-refractivity contribution in [1.29, 1.82) is 10.7 Å². The summed E-state index contributed by atoms with van der Waals surface area (Å²) in [6.07, 6.45) is 3.25. The van der Waals surface area contributed by atoms with Crippen LogP contribution in [0.4, 0.5) is 0 Å². The third-order valence-corrected chi connectivity index (χ3v) is 2.29. The van der Waals surface area contributed by atoms with Crippen LogP contribution in [0.25, 0.3) is 0 Å². The van der Waals surface area contributed by atoms with Gasteiger partial charge in [-0.2, -0.15) is 5.26 Å². The highest BCUT2D eigenvalue weighted by molar-refractivity contribution is 5.91. The van der Waals surface area contributed by atoms with E-state index in [0.29, 0.717) is 12.8 Å². The topological polar surface area (TPSA) is 117 Å². The molecule has 0 bridgehead atoms. The summed E-state index contributed by atoms with van der Waals surface area (Å²) in [6.45, 7) is 4.25. The number of primary amides is 1. The molecule has 1 fully saturated rings. The van der Waals surface area contributed by atoms with E-state index in [1.54, 1.807) is 6.07 Å². The minimum absolute atomic E-state index is 0.0244. The highest BCUT2D eigenvalue weighted by Gasteiger charge is 2.52. The van der Waals surface area contributed by atoms with Gasteiger partial charge in [-0.3, -0.25) is 4.79 Å². The Labute approximate surface area is 95.6 Å². The van der Waals surface area contributed by atoms with E-state index in [1.165, 1.54) is 6.42 Å². The van der Waals surface area contributed by atoms with E-state index in [2.05, 4.69) is 13.8 Å². The number of hydrogen-bond donors (Lipinski definition) is 3. The summed E-state index contributed by atoms with van der Waals surface area (Å²) < 4.78 is 0. The molecule has 5 heteroatoms. The van der Waals surface area contributed by atoms with E-state index in [0.717, 1.165) is 6.21 Å². The van der Waals surface area contributed by atoms with Crippen molar-refractivity contribution in [2.75, 3.05) is 0 Å². The van der Waals surface area contributed by atoms with E-state index < -0.39 is 11.3 Å².